The molecule has 5 nitrogen and oxygen atoms in total. The van der Waals surface area contributed by atoms with Gasteiger partial charge in [0.1, 0.15) is 0 Å². The molecule has 0 bridgehead atoms. The van der Waals surface area contributed by atoms with Gasteiger partial charge in [0.15, 0.2) is 5.13 Å². The van der Waals surface area contributed by atoms with E-state index in [0.717, 1.165) is 16.8 Å². The first-order valence-electron chi connectivity index (χ1n) is 6.23. The maximum Gasteiger partial charge on any atom is 0.263 e. The van der Waals surface area contributed by atoms with Gasteiger partial charge in [-0.15, -0.1) is 11.3 Å². The summed E-state index contributed by atoms with van der Waals surface area (Å²) >= 11 is 1.27. The van der Waals surface area contributed by atoms with E-state index in [1.54, 1.807) is 11.4 Å². The summed E-state index contributed by atoms with van der Waals surface area (Å²) in [5, 5.41) is 2.18. The van der Waals surface area contributed by atoms with Crippen molar-refractivity contribution in [1.82, 2.24) is 4.98 Å². The van der Waals surface area contributed by atoms with E-state index < -0.39 is 10.0 Å². The molecule has 7 heteroatoms. The molecule has 2 aromatic rings. The summed E-state index contributed by atoms with van der Waals surface area (Å²) in [5.41, 5.74) is 7.93. The summed E-state index contributed by atoms with van der Waals surface area (Å²) in [4.78, 5) is 4.40. The highest BCUT2D eigenvalue weighted by Gasteiger charge is 2.19. The normalized spacial score (nSPS) is 11.6. The van der Waals surface area contributed by atoms with Gasteiger partial charge in [0, 0.05) is 11.9 Å². The van der Waals surface area contributed by atoms with Crippen LogP contribution in [-0.2, 0) is 23.0 Å². The van der Waals surface area contributed by atoms with Crippen LogP contribution in [0.15, 0.2) is 28.5 Å². The van der Waals surface area contributed by atoms with Crippen LogP contribution in [-0.4, -0.2) is 13.4 Å². The smallest absolute Gasteiger partial charge is 0.263 e. The summed E-state index contributed by atoms with van der Waals surface area (Å²) in [6.45, 7) is 4.05. The van der Waals surface area contributed by atoms with Crippen LogP contribution >= 0.6 is 11.3 Å². The van der Waals surface area contributed by atoms with Gasteiger partial charge in [-0.1, -0.05) is 19.1 Å². The largest absolute Gasteiger partial charge is 0.326 e. The zero-order valence-corrected chi connectivity index (χ0v) is 13.0. The highest BCUT2D eigenvalue weighted by Crippen LogP contribution is 2.23. The molecule has 0 fully saturated rings. The van der Waals surface area contributed by atoms with Crippen molar-refractivity contribution < 1.29 is 8.42 Å². The van der Waals surface area contributed by atoms with Gasteiger partial charge >= 0.3 is 0 Å². The third-order valence-electron chi connectivity index (χ3n) is 2.88. The quantitative estimate of drug-likeness (QED) is 0.887. The molecule has 1 aromatic carbocycles. The fourth-order valence-corrected chi connectivity index (χ4v) is 4.14. The minimum absolute atomic E-state index is 0.274. The number of nitrogens with one attached hydrogen (secondary N) is 1. The molecule has 0 radical (unpaired) electrons. The Morgan fingerprint density at radius 3 is 2.70 bits per heavy atom. The van der Waals surface area contributed by atoms with E-state index >= 15 is 0 Å². The summed E-state index contributed by atoms with van der Waals surface area (Å²) in [6, 6.07) is 5.29. The van der Waals surface area contributed by atoms with Crippen LogP contribution in [0.4, 0.5) is 5.13 Å². The summed E-state index contributed by atoms with van der Waals surface area (Å²) in [5.74, 6) is 0. The number of sulfonamides is 1. The van der Waals surface area contributed by atoms with Gasteiger partial charge in [-0.25, -0.2) is 13.4 Å². The van der Waals surface area contributed by atoms with Crippen molar-refractivity contribution in [3.8, 4) is 0 Å². The maximum absolute atomic E-state index is 12.5. The molecule has 0 saturated heterocycles. The van der Waals surface area contributed by atoms with Gasteiger partial charge in [-0.3, -0.25) is 4.72 Å². The van der Waals surface area contributed by atoms with Gasteiger partial charge in [-0.05, 0) is 30.5 Å². The molecule has 108 valence electrons. The number of anilines is 1. The lowest BCUT2D eigenvalue weighted by molar-refractivity contribution is 0.600. The summed E-state index contributed by atoms with van der Waals surface area (Å²) in [6.07, 6.45) is 0.637. The summed E-state index contributed by atoms with van der Waals surface area (Å²) < 4.78 is 27.5. The number of rotatable bonds is 5. The molecule has 1 heterocycles. The third-order valence-corrected chi connectivity index (χ3v) is 5.30. The second-order valence-corrected chi connectivity index (χ2v) is 6.91. The molecule has 0 amide bonds. The minimum atomic E-state index is -3.63. The van der Waals surface area contributed by atoms with Crippen LogP contribution in [0.3, 0.4) is 0 Å². The average molecular weight is 311 g/mol. The van der Waals surface area contributed by atoms with E-state index in [-0.39, 0.29) is 4.90 Å². The number of aryl methyl sites for hydroxylation is 2. The van der Waals surface area contributed by atoms with E-state index in [4.69, 9.17) is 5.73 Å². The topological polar surface area (TPSA) is 85.1 Å². The van der Waals surface area contributed by atoms with Crippen LogP contribution in [0.25, 0.3) is 0 Å². The fraction of sp³-hybridized carbons (Fsp3) is 0.308. The van der Waals surface area contributed by atoms with E-state index in [9.17, 15) is 8.42 Å². The van der Waals surface area contributed by atoms with E-state index in [1.165, 1.54) is 11.3 Å². The first-order chi connectivity index (χ1) is 9.46. The lowest BCUT2D eigenvalue weighted by atomic mass is 10.1. The highest BCUT2D eigenvalue weighted by atomic mass is 32.2. The first-order valence-corrected chi connectivity index (χ1v) is 8.59. The lowest BCUT2D eigenvalue weighted by Crippen LogP contribution is -2.15. The highest BCUT2D eigenvalue weighted by molar-refractivity contribution is 7.93. The molecule has 0 aliphatic rings. The molecule has 0 unspecified atom stereocenters. The molecular weight excluding hydrogens is 294 g/mol. The Morgan fingerprint density at radius 2 is 2.15 bits per heavy atom. The predicted octanol–water partition coefficient (Wildman–Crippen LogP) is 2.27. The Hall–Kier alpha value is -1.44. The van der Waals surface area contributed by atoms with Crippen molar-refractivity contribution in [2.75, 3.05) is 4.72 Å². The van der Waals surface area contributed by atoms with Crippen LogP contribution in [0.5, 0.6) is 0 Å². The molecule has 0 spiro atoms. The van der Waals surface area contributed by atoms with Crippen molar-refractivity contribution in [1.29, 1.82) is 0 Å². The Kier molecular flexibility index (Phi) is 4.42. The van der Waals surface area contributed by atoms with Gasteiger partial charge in [0.2, 0.25) is 0 Å². The Balaban J connectivity index is 2.42. The van der Waals surface area contributed by atoms with E-state index in [0.29, 0.717) is 18.1 Å². The third kappa shape index (κ3) is 3.17. The zero-order chi connectivity index (χ0) is 14.8. The van der Waals surface area contributed by atoms with Gasteiger partial charge in [-0.2, -0.15) is 0 Å². The average Bonchev–Trinajstić information content (AvgIpc) is 2.82. The van der Waals surface area contributed by atoms with Crippen molar-refractivity contribution in [3.63, 3.8) is 0 Å². The number of hydrogen-bond donors (Lipinski definition) is 2. The molecule has 0 aliphatic carbocycles. The second-order valence-electron chi connectivity index (χ2n) is 4.40. The number of nitrogens with two attached hydrogens (primary N) is 1. The van der Waals surface area contributed by atoms with Crippen molar-refractivity contribution in [2.45, 2.75) is 31.7 Å². The van der Waals surface area contributed by atoms with Crippen molar-refractivity contribution in [3.05, 3.63) is 40.4 Å². The lowest BCUT2D eigenvalue weighted by Gasteiger charge is -2.11. The van der Waals surface area contributed by atoms with Crippen LogP contribution in [0.2, 0.25) is 0 Å². The van der Waals surface area contributed by atoms with Crippen LogP contribution in [0.1, 0.15) is 23.7 Å². The molecule has 20 heavy (non-hydrogen) atoms. The number of hydrogen-bond acceptors (Lipinski definition) is 5. The minimum Gasteiger partial charge on any atom is -0.326 e. The Labute approximate surface area is 122 Å². The predicted molar refractivity (Wildman–Crippen MR) is 81.4 cm³/mol. The standard InChI is InChI=1S/C13H17N3O2S2/c1-3-11-5-4-10(7-14)6-12(11)20(17,18)16-13-15-9(2)8-19-13/h4-6,8H,3,7,14H2,1-2H3,(H,15,16). The first kappa shape index (κ1) is 15.0. The second kappa shape index (κ2) is 5.90. The van der Waals surface area contributed by atoms with E-state index in [1.807, 2.05) is 26.0 Å². The number of benzene rings is 1. The molecule has 0 aliphatic heterocycles. The van der Waals surface area contributed by atoms with Gasteiger partial charge in [0.05, 0.1) is 10.6 Å². The SMILES string of the molecule is CCc1ccc(CN)cc1S(=O)(=O)Nc1nc(C)cs1. The summed E-state index contributed by atoms with van der Waals surface area (Å²) in [7, 11) is -3.63. The fourth-order valence-electron chi connectivity index (χ4n) is 1.84. The molecule has 1 aromatic heterocycles. The zero-order valence-electron chi connectivity index (χ0n) is 11.4. The van der Waals surface area contributed by atoms with Crippen LogP contribution < -0.4 is 10.5 Å². The number of nitrogens with zero attached hydrogens (tertiary/aromatic N) is 1. The van der Waals surface area contributed by atoms with Gasteiger partial charge in [0.25, 0.3) is 10.0 Å². The Bertz CT molecular complexity index is 708. The number of thiazole rings is 1. The molecule has 3 N–H and O–H groups in total. The maximum atomic E-state index is 12.5. The van der Waals surface area contributed by atoms with Crippen LogP contribution in [0, 0.1) is 6.92 Å². The van der Waals surface area contributed by atoms with Gasteiger partial charge < -0.3 is 5.73 Å². The molecular formula is C13H17N3O2S2. The molecule has 0 atom stereocenters. The van der Waals surface area contributed by atoms with Crippen molar-refractivity contribution >= 4 is 26.5 Å². The molecule has 2 rings (SSSR count). The monoisotopic (exact) mass is 311 g/mol. The van der Waals surface area contributed by atoms with Crippen molar-refractivity contribution in [2.24, 2.45) is 5.73 Å². The molecule has 0 saturated carbocycles. The van der Waals surface area contributed by atoms with E-state index in [2.05, 4.69) is 9.71 Å². The Morgan fingerprint density at radius 1 is 1.40 bits per heavy atom. The number of aromatic nitrogens is 1.